The van der Waals surface area contributed by atoms with Gasteiger partial charge >= 0.3 is 0 Å². The maximum atomic E-state index is 12.2. The van der Waals surface area contributed by atoms with E-state index >= 15 is 0 Å². The summed E-state index contributed by atoms with van der Waals surface area (Å²) >= 11 is 0. The summed E-state index contributed by atoms with van der Waals surface area (Å²) in [6, 6.07) is 15.7. The molecule has 20 heavy (non-hydrogen) atoms. The van der Waals surface area contributed by atoms with E-state index in [0.717, 1.165) is 30.0 Å². The lowest BCUT2D eigenvalue weighted by Crippen LogP contribution is -2.28. The molecule has 0 aromatic heterocycles. The molecule has 0 bridgehead atoms. The molecule has 0 fully saturated rings. The molecular formula is C16H17N3O. The number of amides is 1. The van der Waals surface area contributed by atoms with Crippen molar-refractivity contribution in [3.63, 3.8) is 0 Å². The van der Waals surface area contributed by atoms with Crippen molar-refractivity contribution < 1.29 is 4.79 Å². The van der Waals surface area contributed by atoms with Gasteiger partial charge in [0.05, 0.1) is 6.67 Å². The average molecular weight is 267 g/mol. The first-order chi connectivity index (χ1) is 9.83. The van der Waals surface area contributed by atoms with Gasteiger partial charge in [0.25, 0.3) is 5.91 Å². The summed E-state index contributed by atoms with van der Waals surface area (Å²) in [5.41, 5.74) is 4.03. The van der Waals surface area contributed by atoms with Crippen molar-refractivity contribution in [3.8, 4) is 0 Å². The van der Waals surface area contributed by atoms with Crippen molar-refractivity contribution in [2.24, 2.45) is 0 Å². The Labute approximate surface area is 118 Å². The Bertz CT molecular complexity index is 610. The van der Waals surface area contributed by atoms with Gasteiger partial charge in [0, 0.05) is 24.3 Å². The quantitative estimate of drug-likeness (QED) is 0.798. The van der Waals surface area contributed by atoms with Gasteiger partial charge in [-0.3, -0.25) is 10.1 Å². The van der Waals surface area contributed by atoms with E-state index in [1.54, 1.807) is 0 Å². The van der Waals surface area contributed by atoms with Crippen LogP contribution in [0.25, 0.3) is 0 Å². The first-order valence-corrected chi connectivity index (χ1v) is 6.72. The fourth-order valence-corrected chi connectivity index (χ4v) is 2.29. The zero-order valence-corrected chi connectivity index (χ0v) is 11.1. The van der Waals surface area contributed by atoms with Crippen LogP contribution in [0.2, 0.25) is 0 Å². The lowest BCUT2D eigenvalue weighted by Gasteiger charge is -2.19. The summed E-state index contributed by atoms with van der Waals surface area (Å²) < 4.78 is 0. The van der Waals surface area contributed by atoms with Crippen LogP contribution in [0, 0.1) is 0 Å². The number of carbonyl (C=O) groups is 1. The molecule has 3 N–H and O–H groups in total. The van der Waals surface area contributed by atoms with Gasteiger partial charge in [-0.15, -0.1) is 0 Å². The van der Waals surface area contributed by atoms with E-state index in [-0.39, 0.29) is 5.91 Å². The van der Waals surface area contributed by atoms with E-state index in [1.165, 1.54) is 0 Å². The van der Waals surface area contributed by atoms with E-state index in [1.807, 2.05) is 48.5 Å². The van der Waals surface area contributed by atoms with Gasteiger partial charge in [-0.05, 0) is 29.3 Å². The minimum absolute atomic E-state index is 0.0396. The molecule has 0 radical (unpaired) electrons. The predicted octanol–water partition coefficient (Wildman–Crippen LogP) is 2.09. The minimum atomic E-state index is -0.0396. The Balaban J connectivity index is 1.68. The molecule has 4 nitrogen and oxygen atoms in total. The molecule has 3 rings (SSSR count). The third-order valence-electron chi connectivity index (χ3n) is 3.38. The van der Waals surface area contributed by atoms with Crippen LogP contribution in [-0.4, -0.2) is 12.6 Å². The first-order valence-electron chi connectivity index (χ1n) is 6.72. The van der Waals surface area contributed by atoms with Gasteiger partial charge < -0.3 is 10.6 Å². The third-order valence-corrected chi connectivity index (χ3v) is 3.38. The van der Waals surface area contributed by atoms with Crippen molar-refractivity contribution in [1.82, 2.24) is 10.6 Å². The zero-order valence-electron chi connectivity index (χ0n) is 11.1. The first kappa shape index (κ1) is 12.7. The van der Waals surface area contributed by atoms with Crippen molar-refractivity contribution in [2.45, 2.75) is 13.1 Å². The smallest absolute Gasteiger partial charge is 0.251 e. The Hall–Kier alpha value is -2.33. The molecule has 1 aliphatic heterocycles. The molecule has 1 heterocycles. The minimum Gasteiger partial charge on any atom is -0.372 e. The molecule has 1 amide bonds. The number of rotatable bonds is 3. The lowest BCUT2D eigenvalue weighted by atomic mass is 10.1. The maximum Gasteiger partial charge on any atom is 0.251 e. The fraction of sp³-hybridized carbons (Fsp3) is 0.188. The molecule has 0 atom stereocenters. The molecule has 0 saturated carbocycles. The highest BCUT2D eigenvalue weighted by Crippen LogP contribution is 2.19. The van der Waals surface area contributed by atoms with Gasteiger partial charge in [0.2, 0.25) is 0 Å². The topological polar surface area (TPSA) is 53.2 Å². The molecular weight excluding hydrogens is 250 g/mol. The second-order valence-electron chi connectivity index (χ2n) is 4.82. The van der Waals surface area contributed by atoms with E-state index in [4.69, 9.17) is 0 Å². The van der Waals surface area contributed by atoms with Crippen LogP contribution in [-0.2, 0) is 13.1 Å². The molecule has 2 aromatic carbocycles. The molecule has 2 aromatic rings. The van der Waals surface area contributed by atoms with Gasteiger partial charge in [0.15, 0.2) is 0 Å². The Morgan fingerprint density at radius 2 is 2.00 bits per heavy atom. The van der Waals surface area contributed by atoms with E-state index in [2.05, 4.69) is 16.0 Å². The van der Waals surface area contributed by atoms with Crippen molar-refractivity contribution in [2.75, 3.05) is 12.0 Å². The second kappa shape index (κ2) is 5.75. The molecule has 0 spiro atoms. The maximum absolute atomic E-state index is 12.2. The highest BCUT2D eigenvalue weighted by Gasteiger charge is 2.11. The fourth-order valence-electron chi connectivity index (χ4n) is 2.29. The summed E-state index contributed by atoms with van der Waals surface area (Å²) in [5.74, 6) is -0.0396. The van der Waals surface area contributed by atoms with E-state index in [0.29, 0.717) is 12.1 Å². The van der Waals surface area contributed by atoms with Gasteiger partial charge in [-0.2, -0.15) is 0 Å². The predicted molar refractivity (Wildman–Crippen MR) is 79.4 cm³/mol. The summed E-state index contributed by atoms with van der Waals surface area (Å²) in [6.45, 7) is 2.11. The number of benzene rings is 2. The Kier molecular flexibility index (Phi) is 3.65. The number of nitrogens with one attached hydrogen (secondary N) is 3. The van der Waals surface area contributed by atoms with Crippen LogP contribution in [0.4, 0.5) is 5.69 Å². The second-order valence-corrected chi connectivity index (χ2v) is 4.82. The number of hydrogen-bond donors (Lipinski definition) is 3. The Morgan fingerprint density at radius 3 is 2.85 bits per heavy atom. The molecule has 0 unspecified atom stereocenters. The van der Waals surface area contributed by atoms with Crippen LogP contribution >= 0.6 is 0 Å². The number of fused-ring (bicyclic) bond motifs is 1. The highest BCUT2D eigenvalue weighted by molar-refractivity contribution is 5.94. The van der Waals surface area contributed by atoms with Crippen molar-refractivity contribution in [1.29, 1.82) is 0 Å². The SMILES string of the molecule is O=C(NCc1ccccc1)c1ccc2c(c1)CNCN2. The van der Waals surface area contributed by atoms with Crippen LogP contribution in [0.3, 0.4) is 0 Å². The van der Waals surface area contributed by atoms with Crippen LogP contribution in [0.5, 0.6) is 0 Å². The average Bonchev–Trinajstić information content (AvgIpc) is 2.53. The summed E-state index contributed by atoms with van der Waals surface area (Å²) in [5, 5.41) is 9.41. The zero-order chi connectivity index (χ0) is 13.8. The molecule has 4 heteroatoms. The van der Waals surface area contributed by atoms with Crippen LogP contribution in [0.1, 0.15) is 21.5 Å². The summed E-state index contributed by atoms with van der Waals surface area (Å²) in [6.07, 6.45) is 0. The summed E-state index contributed by atoms with van der Waals surface area (Å²) in [4.78, 5) is 12.2. The number of carbonyl (C=O) groups excluding carboxylic acids is 1. The van der Waals surface area contributed by atoms with Gasteiger partial charge in [-0.25, -0.2) is 0 Å². The van der Waals surface area contributed by atoms with Gasteiger partial charge in [-0.1, -0.05) is 30.3 Å². The van der Waals surface area contributed by atoms with Crippen molar-refractivity contribution in [3.05, 3.63) is 65.2 Å². The summed E-state index contributed by atoms with van der Waals surface area (Å²) in [7, 11) is 0. The van der Waals surface area contributed by atoms with E-state index in [9.17, 15) is 4.79 Å². The standard InChI is InChI=1S/C16H17N3O/c20-16(18-9-12-4-2-1-3-5-12)13-6-7-15-14(8-13)10-17-11-19-15/h1-8,17,19H,9-11H2,(H,18,20). The molecule has 1 aliphatic rings. The molecule has 102 valence electrons. The number of anilines is 1. The third kappa shape index (κ3) is 2.81. The highest BCUT2D eigenvalue weighted by atomic mass is 16.1. The van der Waals surface area contributed by atoms with Crippen molar-refractivity contribution >= 4 is 11.6 Å². The molecule has 0 saturated heterocycles. The Morgan fingerprint density at radius 1 is 1.15 bits per heavy atom. The van der Waals surface area contributed by atoms with Gasteiger partial charge in [0.1, 0.15) is 0 Å². The largest absolute Gasteiger partial charge is 0.372 e. The molecule has 0 aliphatic carbocycles. The number of hydrogen-bond acceptors (Lipinski definition) is 3. The normalized spacial score (nSPS) is 13.2. The monoisotopic (exact) mass is 267 g/mol. The lowest BCUT2D eigenvalue weighted by molar-refractivity contribution is 0.0951. The van der Waals surface area contributed by atoms with Crippen LogP contribution in [0.15, 0.2) is 48.5 Å². The van der Waals surface area contributed by atoms with Crippen LogP contribution < -0.4 is 16.0 Å². The van der Waals surface area contributed by atoms with E-state index < -0.39 is 0 Å².